The van der Waals surface area contributed by atoms with E-state index in [9.17, 15) is 10.5 Å². The number of benzene rings is 8. The van der Waals surface area contributed by atoms with Crippen molar-refractivity contribution in [2.24, 2.45) is 0 Å². The lowest BCUT2D eigenvalue weighted by molar-refractivity contribution is 0.669. The summed E-state index contributed by atoms with van der Waals surface area (Å²) in [5.41, 5.74) is 13.7. The van der Waals surface area contributed by atoms with E-state index in [1.54, 1.807) is 0 Å². The van der Waals surface area contributed by atoms with Gasteiger partial charge in [0.25, 0.3) is 0 Å². The van der Waals surface area contributed by atoms with Gasteiger partial charge in [0.2, 0.25) is 0 Å². The molecule has 0 fully saturated rings. The number of hydrogen-bond donors (Lipinski definition) is 0. The summed E-state index contributed by atoms with van der Waals surface area (Å²) in [6, 6.07) is 63.3. The molecule has 0 unspecified atom stereocenters. The average Bonchev–Trinajstić information content (AvgIpc) is 3.90. The predicted octanol–water partition coefficient (Wildman–Crippen LogP) is 12.9. The first-order valence-corrected chi connectivity index (χ1v) is 18.2. The van der Waals surface area contributed by atoms with Gasteiger partial charge in [-0.05, 0) is 107 Å². The minimum atomic E-state index is 0.620. The van der Waals surface area contributed by atoms with E-state index in [4.69, 9.17) is 4.42 Å². The Morgan fingerprint density at radius 2 is 0.927 bits per heavy atom. The topological polar surface area (TPSA) is 70.6 Å². The van der Waals surface area contributed by atoms with E-state index in [2.05, 4.69) is 149 Å². The van der Waals surface area contributed by atoms with Gasteiger partial charge in [-0.15, -0.1) is 0 Å². The van der Waals surface area contributed by atoms with Crippen LogP contribution in [-0.2, 0) is 0 Å². The van der Waals surface area contributed by atoms with E-state index < -0.39 is 0 Å². The Kier molecular flexibility index (Phi) is 6.61. The molecule has 0 spiro atoms. The maximum Gasteiger partial charge on any atom is 0.136 e. The third-order valence-corrected chi connectivity index (χ3v) is 11.0. The first-order valence-electron chi connectivity index (χ1n) is 18.2. The lowest BCUT2D eigenvalue weighted by atomic mass is 9.94. The fraction of sp³-hybridized carbons (Fsp3) is 0. The van der Waals surface area contributed by atoms with E-state index in [-0.39, 0.29) is 0 Å². The fourth-order valence-electron chi connectivity index (χ4n) is 8.61. The van der Waals surface area contributed by atoms with Crippen molar-refractivity contribution in [1.29, 1.82) is 10.5 Å². The number of nitriles is 2. The van der Waals surface area contributed by atoms with E-state index in [1.807, 2.05) is 42.5 Å². The SMILES string of the molecule is N#Cc1ccc2c(c1)c1ccccc1n2-c1cccc(-c2ccccc2-c2cccc(-n3c4ccc(C#N)cc4c4c5c(ccc43)oc3ccccc35)c2)c1. The van der Waals surface area contributed by atoms with Crippen molar-refractivity contribution in [1.82, 2.24) is 9.13 Å². The summed E-state index contributed by atoms with van der Waals surface area (Å²) in [4.78, 5) is 0. The lowest BCUT2D eigenvalue weighted by Crippen LogP contribution is -1.96. The first kappa shape index (κ1) is 30.7. The summed E-state index contributed by atoms with van der Waals surface area (Å²) < 4.78 is 10.9. The second-order valence-electron chi connectivity index (χ2n) is 14.0. The normalized spacial score (nSPS) is 11.6. The molecule has 5 heteroatoms. The number of fused-ring (bicyclic) bond motifs is 10. The third kappa shape index (κ3) is 4.58. The van der Waals surface area contributed by atoms with Crippen LogP contribution in [0.15, 0.2) is 174 Å². The van der Waals surface area contributed by atoms with Gasteiger partial charge in [-0.3, -0.25) is 0 Å². The summed E-state index contributed by atoms with van der Waals surface area (Å²) >= 11 is 0. The van der Waals surface area contributed by atoms with Crippen LogP contribution in [0.4, 0.5) is 0 Å². The highest BCUT2D eigenvalue weighted by atomic mass is 16.3. The Morgan fingerprint density at radius 3 is 1.62 bits per heavy atom. The van der Waals surface area contributed by atoms with Crippen LogP contribution in [0.3, 0.4) is 0 Å². The minimum absolute atomic E-state index is 0.620. The molecule has 8 aromatic carbocycles. The van der Waals surface area contributed by atoms with Crippen LogP contribution in [0.2, 0.25) is 0 Å². The average molecular weight is 701 g/mol. The van der Waals surface area contributed by atoms with Gasteiger partial charge in [0.05, 0.1) is 45.3 Å². The highest BCUT2D eigenvalue weighted by molar-refractivity contribution is 6.27. The van der Waals surface area contributed by atoms with Crippen molar-refractivity contribution in [2.75, 3.05) is 0 Å². The van der Waals surface area contributed by atoms with Gasteiger partial charge in [-0.1, -0.05) is 84.9 Å². The van der Waals surface area contributed by atoms with Crippen LogP contribution in [-0.4, -0.2) is 9.13 Å². The molecule has 3 heterocycles. The van der Waals surface area contributed by atoms with Crippen molar-refractivity contribution >= 4 is 65.6 Å². The molecule has 11 aromatic rings. The maximum absolute atomic E-state index is 9.92. The van der Waals surface area contributed by atoms with Crippen molar-refractivity contribution in [3.05, 3.63) is 181 Å². The second kappa shape index (κ2) is 11.8. The molecule has 0 aliphatic carbocycles. The van der Waals surface area contributed by atoms with E-state index in [0.29, 0.717) is 11.1 Å². The van der Waals surface area contributed by atoms with Crippen LogP contribution >= 0.6 is 0 Å². The highest BCUT2D eigenvalue weighted by Crippen LogP contribution is 2.43. The Hall–Kier alpha value is -7.86. The molecule has 55 heavy (non-hydrogen) atoms. The van der Waals surface area contributed by atoms with Gasteiger partial charge in [-0.25, -0.2) is 0 Å². The van der Waals surface area contributed by atoms with Crippen molar-refractivity contribution in [2.45, 2.75) is 0 Å². The highest BCUT2D eigenvalue weighted by Gasteiger charge is 2.20. The van der Waals surface area contributed by atoms with Gasteiger partial charge < -0.3 is 13.6 Å². The molecular weight excluding hydrogens is 673 g/mol. The summed E-state index contributed by atoms with van der Waals surface area (Å²) in [5.74, 6) is 0. The predicted molar refractivity (Wildman–Crippen MR) is 223 cm³/mol. The summed E-state index contributed by atoms with van der Waals surface area (Å²) in [6.45, 7) is 0. The Morgan fingerprint density at radius 1 is 0.382 bits per heavy atom. The van der Waals surface area contributed by atoms with Gasteiger partial charge in [0.1, 0.15) is 11.2 Å². The summed E-state index contributed by atoms with van der Waals surface area (Å²) in [6.07, 6.45) is 0. The molecule has 254 valence electrons. The maximum atomic E-state index is 9.92. The van der Waals surface area contributed by atoms with Crippen LogP contribution in [0.1, 0.15) is 11.1 Å². The largest absolute Gasteiger partial charge is 0.456 e. The second-order valence-corrected chi connectivity index (χ2v) is 14.0. The molecule has 3 aromatic heterocycles. The lowest BCUT2D eigenvalue weighted by Gasteiger charge is -2.15. The number of rotatable bonds is 4. The summed E-state index contributed by atoms with van der Waals surface area (Å²) in [7, 11) is 0. The standard InChI is InChI=1S/C50H28N4O/c51-29-31-19-21-44-41(25-31)39-15-3-5-17-43(39)53(44)35-11-7-9-33(27-35)37-13-1-2-14-38(37)34-10-8-12-36(28-34)54-45-22-20-32(30-52)26-42(45)49-46(54)23-24-48-50(49)40-16-4-6-18-47(40)55-48/h1-28H. The zero-order valence-electron chi connectivity index (χ0n) is 29.4. The van der Waals surface area contributed by atoms with Crippen LogP contribution in [0, 0.1) is 22.7 Å². The molecule has 0 amide bonds. The fourth-order valence-corrected chi connectivity index (χ4v) is 8.61. The smallest absolute Gasteiger partial charge is 0.136 e. The van der Waals surface area contributed by atoms with Gasteiger partial charge in [0, 0.05) is 43.7 Å². The molecule has 0 radical (unpaired) electrons. The minimum Gasteiger partial charge on any atom is -0.456 e. The molecule has 0 aliphatic rings. The molecule has 11 rings (SSSR count). The molecular formula is C50H28N4O. The van der Waals surface area contributed by atoms with E-state index >= 15 is 0 Å². The van der Waals surface area contributed by atoms with Crippen molar-refractivity contribution in [3.8, 4) is 45.8 Å². The first-order chi connectivity index (χ1) is 27.2. The Balaban J connectivity index is 1.09. The summed E-state index contributed by atoms with van der Waals surface area (Å²) in [5, 5.41) is 26.0. The van der Waals surface area contributed by atoms with Gasteiger partial charge in [0.15, 0.2) is 0 Å². The zero-order chi connectivity index (χ0) is 36.6. The van der Waals surface area contributed by atoms with Gasteiger partial charge >= 0.3 is 0 Å². The molecule has 5 nitrogen and oxygen atoms in total. The monoisotopic (exact) mass is 700 g/mol. The number of nitrogens with zero attached hydrogens (tertiary/aromatic N) is 4. The van der Waals surface area contributed by atoms with E-state index in [0.717, 1.165) is 99.2 Å². The van der Waals surface area contributed by atoms with Crippen molar-refractivity contribution < 1.29 is 4.42 Å². The molecule has 0 atom stereocenters. The quantitative estimate of drug-likeness (QED) is 0.183. The Bertz CT molecular complexity index is 3470. The van der Waals surface area contributed by atoms with Crippen LogP contribution in [0.5, 0.6) is 0 Å². The third-order valence-electron chi connectivity index (χ3n) is 11.0. The zero-order valence-corrected chi connectivity index (χ0v) is 29.4. The van der Waals surface area contributed by atoms with Crippen LogP contribution < -0.4 is 0 Å². The number of hydrogen-bond acceptors (Lipinski definition) is 3. The molecule has 0 N–H and O–H groups in total. The molecule has 0 saturated carbocycles. The van der Waals surface area contributed by atoms with Crippen molar-refractivity contribution in [3.63, 3.8) is 0 Å². The van der Waals surface area contributed by atoms with Crippen LogP contribution in [0.25, 0.3) is 99.2 Å². The number of aromatic nitrogens is 2. The van der Waals surface area contributed by atoms with E-state index in [1.165, 1.54) is 0 Å². The Labute approximate surface area is 315 Å². The molecule has 0 bridgehead atoms. The molecule has 0 saturated heterocycles. The number of para-hydroxylation sites is 2. The van der Waals surface area contributed by atoms with Gasteiger partial charge in [-0.2, -0.15) is 10.5 Å². The number of furan rings is 1. The molecule has 0 aliphatic heterocycles.